The van der Waals surface area contributed by atoms with Crippen LogP contribution in [-0.2, 0) is 0 Å². The van der Waals surface area contributed by atoms with Gasteiger partial charge >= 0.3 is 6.03 Å². The normalized spacial score (nSPS) is 19.7. The van der Waals surface area contributed by atoms with Crippen molar-refractivity contribution in [1.29, 1.82) is 0 Å². The molecule has 4 heteroatoms. The van der Waals surface area contributed by atoms with E-state index >= 15 is 0 Å². The zero-order chi connectivity index (χ0) is 13.0. The number of nitrogens with one attached hydrogen (secondary N) is 1. The first-order valence-electron chi connectivity index (χ1n) is 6.42. The van der Waals surface area contributed by atoms with E-state index in [1.807, 2.05) is 35.4 Å². The van der Waals surface area contributed by atoms with E-state index in [1.54, 1.807) is 11.8 Å². The van der Waals surface area contributed by atoms with Gasteiger partial charge in [-0.3, -0.25) is 0 Å². The fraction of sp³-hybridized carbons (Fsp3) is 0.500. The number of likely N-dealkylation sites (tertiary alicyclic amines) is 1. The van der Waals surface area contributed by atoms with Gasteiger partial charge in [-0.2, -0.15) is 0 Å². The number of nitrogens with zero attached hydrogens (tertiary/aromatic N) is 1. The second-order valence-corrected chi connectivity index (χ2v) is 5.58. The van der Waals surface area contributed by atoms with Crippen LogP contribution in [0.3, 0.4) is 0 Å². The van der Waals surface area contributed by atoms with Crippen LogP contribution >= 0.6 is 11.8 Å². The lowest BCUT2D eigenvalue weighted by Gasteiger charge is -2.33. The van der Waals surface area contributed by atoms with Gasteiger partial charge in [0.2, 0.25) is 0 Å². The number of anilines is 1. The zero-order valence-electron chi connectivity index (χ0n) is 11.0. The second-order valence-electron chi connectivity index (χ2n) is 4.70. The third kappa shape index (κ3) is 3.19. The van der Waals surface area contributed by atoms with Crippen molar-refractivity contribution in [3.05, 3.63) is 24.3 Å². The number of thioether (sulfide) groups is 1. The van der Waals surface area contributed by atoms with Crippen LogP contribution in [0.1, 0.15) is 26.2 Å². The molecule has 1 aliphatic heterocycles. The van der Waals surface area contributed by atoms with Crippen LogP contribution < -0.4 is 5.32 Å². The SMILES string of the molecule is CSc1cccc(NC(=O)N2CCCC[C@H]2C)c1. The van der Waals surface area contributed by atoms with Gasteiger partial charge in [-0.25, -0.2) is 4.79 Å². The third-order valence-corrected chi connectivity index (χ3v) is 4.11. The van der Waals surface area contributed by atoms with E-state index in [9.17, 15) is 4.79 Å². The van der Waals surface area contributed by atoms with E-state index in [-0.39, 0.29) is 6.03 Å². The number of rotatable bonds is 2. The van der Waals surface area contributed by atoms with E-state index in [0.717, 1.165) is 25.1 Å². The molecule has 2 amide bonds. The molecule has 98 valence electrons. The van der Waals surface area contributed by atoms with Gasteiger partial charge in [0.15, 0.2) is 0 Å². The first-order valence-corrected chi connectivity index (χ1v) is 7.65. The highest BCUT2D eigenvalue weighted by Gasteiger charge is 2.22. The Kier molecular flexibility index (Phi) is 4.53. The van der Waals surface area contributed by atoms with E-state index in [4.69, 9.17) is 0 Å². The van der Waals surface area contributed by atoms with E-state index in [0.29, 0.717) is 6.04 Å². The number of hydrogen-bond acceptors (Lipinski definition) is 2. The summed E-state index contributed by atoms with van der Waals surface area (Å²) in [6.45, 7) is 2.99. The Labute approximate surface area is 113 Å². The molecule has 18 heavy (non-hydrogen) atoms. The maximum absolute atomic E-state index is 12.2. The largest absolute Gasteiger partial charge is 0.322 e. The minimum atomic E-state index is 0.0282. The molecule has 2 rings (SSSR count). The summed E-state index contributed by atoms with van der Waals surface area (Å²) < 4.78 is 0. The molecule has 1 aromatic carbocycles. The number of amides is 2. The van der Waals surface area contributed by atoms with E-state index in [2.05, 4.69) is 12.2 Å². The Morgan fingerprint density at radius 1 is 1.44 bits per heavy atom. The van der Waals surface area contributed by atoms with Crippen molar-refractivity contribution in [1.82, 2.24) is 4.90 Å². The molecular weight excluding hydrogens is 244 g/mol. The van der Waals surface area contributed by atoms with Gasteiger partial charge in [-0.1, -0.05) is 6.07 Å². The number of hydrogen-bond donors (Lipinski definition) is 1. The molecule has 0 aliphatic carbocycles. The minimum Gasteiger partial charge on any atom is -0.322 e. The van der Waals surface area contributed by atoms with Crippen LogP contribution in [0, 0.1) is 0 Å². The lowest BCUT2D eigenvalue weighted by molar-refractivity contribution is 0.170. The van der Waals surface area contributed by atoms with Gasteiger partial charge in [0, 0.05) is 23.2 Å². The minimum absolute atomic E-state index is 0.0282. The number of carbonyl (C=O) groups is 1. The molecule has 1 aliphatic rings. The first-order chi connectivity index (χ1) is 8.70. The molecular formula is C14H20N2OS. The number of carbonyl (C=O) groups excluding carboxylic acids is 1. The maximum atomic E-state index is 12.2. The lowest BCUT2D eigenvalue weighted by Crippen LogP contribution is -2.44. The number of urea groups is 1. The second kappa shape index (κ2) is 6.14. The Bertz CT molecular complexity index is 422. The summed E-state index contributed by atoms with van der Waals surface area (Å²) in [5.41, 5.74) is 0.879. The molecule has 0 radical (unpaired) electrons. The van der Waals surface area contributed by atoms with Crippen LogP contribution in [0.2, 0.25) is 0 Å². The molecule has 0 unspecified atom stereocenters. The number of benzene rings is 1. The van der Waals surface area contributed by atoms with Crippen molar-refractivity contribution in [3.63, 3.8) is 0 Å². The summed E-state index contributed by atoms with van der Waals surface area (Å²) in [6.07, 6.45) is 5.49. The predicted molar refractivity (Wildman–Crippen MR) is 77.3 cm³/mol. The first kappa shape index (κ1) is 13.3. The van der Waals surface area contributed by atoms with Gasteiger partial charge in [0.1, 0.15) is 0 Å². The van der Waals surface area contributed by atoms with Crippen molar-refractivity contribution in [2.45, 2.75) is 37.1 Å². The van der Waals surface area contributed by atoms with Crippen molar-refractivity contribution >= 4 is 23.5 Å². The summed E-state index contributed by atoms with van der Waals surface area (Å²) in [7, 11) is 0. The lowest BCUT2D eigenvalue weighted by atomic mass is 10.0. The van der Waals surface area contributed by atoms with E-state index in [1.165, 1.54) is 11.3 Å². The Morgan fingerprint density at radius 2 is 2.28 bits per heavy atom. The van der Waals surface area contributed by atoms with Crippen molar-refractivity contribution < 1.29 is 4.79 Å². The summed E-state index contributed by atoms with van der Waals surface area (Å²) >= 11 is 1.68. The highest BCUT2D eigenvalue weighted by Crippen LogP contribution is 2.21. The van der Waals surface area contributed by atoms with Crippen molar-refractivity contribution in [3.8, 4) is 0 Å². The molecule has 1 fully saturated rings. The summed E-state index contributed by atoms with van der Waals surface area (Å²) in [4.78, 5) is 15.3. The standard InChI is InChI=1S/C14H20N2OS/c1-11-6-3-4-9-16(11)14(17)15-12-7-5-8-13(10-12)18-2/h5,7-8,10-11H,3-4,6,9H2,1-2H3,(H,15,17)/t11-/m1/s1. The highest BCUT2D eigenvalue weighted by atomic mass is 32.2. The van der Waals surface area contributed by atoms with Crippen LogP contribution in [0.15, 0.2) is 29.2 Å². The van der Waals surface area contributed by atoms with Crippen LogP contribution in [0.4, 0.5) is 10.5 Å². The smallest absolute Gasteiger partial charge is 0.322 e. The Balaban J connectivity index is 2.01. The fourth-order valence-corrected chi connectivity index (χ4v) is 2.76. The average molecular weight is 264 g/mol. The Hall–Kier alpha value is -1.16. The van der Waals surface area contributed by atoms with Gasteiger partial charge in [-0.15, -0.1) is 11.8 Å². The average Bonchev–Trinajstić information content (AvgIpc) is 2.39. The van der Waals surface area contributed by atoms with Crippen molar-refractivity contribution in [2.24, 2.45) is 0 Å². The molecule has 1 atom stereocenters. The highest BCUT2D eigenvalue weighted by molar-refractivity contribution is 7.98. The molecule has 0 bridgehead atoms. The quantitative estimate of drug-likeness (QED) is 0.824. The summed E-state index contributed by atoms with van der Waals surface area (Å²) in [5.74, 6) is 0. The van der Waals surface area contributed by atoms with Crippen LogP contribution in [0.5, 0.6) is 0 Å². The van der Waals surface area contributed by atoms with Gasteiger partial charge in [-0.05, 0) is 50.6 Å². The molecule has 0 aromatic heterocycles. The predicted octanol–water partition coefficient (Wildman–Crippen LogP) is 3.81. The Morgan fingerprint density at radius 3 is 3.00 bits per heavy atom. The fourth-order valence-electron chi connectivity index (χ4n) is 2.30. The summed E-state index contributed by atoms with van der Waals surface area (Å²) in [6, 6.07) is 8.34. The third-order valence-electron chi connectivity index (χ3n) is 3.38. The van der Waals surface area contributed by atoms with Gasteiger partial charge < -0.3 is 10.2 Å². The molecule has 3 nitrogen and oxygen atoms in total. The number of piperidine rings is 1. The van der Waals surface area contributed by atoms with Crippen molar-refractivity contribution in [2.75, 3.05) is 18.1 Å². The topological polar surface area (TPSA) is 32.3 Å². The zero-order valence-corrected chi connectivity index (χ0v) is 11.8. The van der Waals surface area contributed by atoms with Crippen LogP contribution in [0.25, 0.3) is 0 Å². The van der Waals surface area contributed by atoms with Gasteiger partial charge in [0.25, 0.3) is 0 Å². The van der Waals surface area contributed by atoms with Gasteiger partial charge in [0.05, 0.1) is 0 Å². The monoisotopic (exact) mass is 264 g/mol. The molecule has 1 N–H and O–H groups in total. The molecule has 1 heterocycles. The molecule has 1 saturated heterocycles. The van der Waals surface area contributed by atoms with Crippen LogP contribution in [-0.4, -0.2) is 29.8 Å². The molecule has 0 spiro atoms. The van der Waals surface area contributed by atoms with E-state index < -0.39 is 0 Å². The molecule has 1 aromatic rings. The molecule has 0 saturated carbocycles. The summed E-state index contributed by atoms with van der Waals surface area (Å²) in [5, 5.41) is 2.99. The maximum Gasteiger partial charge on any atom is 0.322 e.